The first kappa shape index (κ1) is 19.2. The quantitative estimate of drug-likeness (QED) is 0.797. The summed E-state index contributed by atoms with van der Waals surface area (Å²) in [5.74, 6) is 1.86. The van der Waals surface area contributed by atoms with Gasteiger partial charge in [0.05, 0.1) is 19.9 Å². The van der Waals surface area contributed by atoms with Gasteiger partial charge in [-0.25, -0.2) is 4.98 Å². The molecule has 1 aromatic heterocycles. The van der Waals surface area contributed by atoms with Gasteiger partial charge in [-0.05, 0) is 42.5 Å². The monoisotopic (exact) mass is 401 g/mol. The molecule has 0 atom stereocenters. The Kier molecular flexibility index (Phi) is 5.82. The molecular formula is C21H27N3O3S. The van der Waals surface area contributed by atoms with Crippen LogP contribution < -0.4 is 14.8 Å². The number of fused-ring (bicyclic) bond motifs is 1. The predicted molar refractivity (Wildman–Crippen MR) is 110 cm³/mol. The molecule has 1 fully saturated rings. The fourth-order valence-electron chi connectivity index (χ4n) is 4.14. The lowest BCUT2D eigenvalue weighted by Crippen LogP contribution is -2.30. The lowest BCUT2D eigenvalue weighted by atomic mass is 9.98. The molecule has 1 aliphatic carbocycles. The van der Waals surface area contributed by atoms with Gasteiger partial charge in [-0.1, -0.05) is 12.8 Å². The zero-order valence-corrected chi connectivity index (χ0v) is 17.3. The number of aromatic nitrogens is 1. The second-order valence-corrected chi connectivity index (χ2v) is 8.41. The number of hydrogen-bond acceptors (Lipinski definition) is 6. The first-order valence-electron chi connectivity index (χ1n) is 9.87. The molecule has 7 heteroatoms. The fourth-order valence-corrected chi connectivity index (χ4v) is 4.84. The van der Waals surface area contributed by atoms with Crippen molar-refractivity contribution < 1.29 is 14.3 Å². The normalized spacial score (nSPS) is 17.4. The van der Waals surface area contributed by atoms with Gasteiger partial charge in [-0.3, -0.25) is 9.69 Å². The van der Waals surface area contributed by atoms with Crippen LogP contribution in [0.25, 0.3) is 0 Å². The third-order valence-corrected chi connectivity index (χ3v) is 6.50. The molecule has 0 spiro atoms. The number of benzene rings is 1. The summed E-state index contributed by atoms with van der Waals surface area (Å²) < 4.78 is 10.9. The highest BCUT2D eigenvalue weighted by molar-refractivity contribution is 7.13. The molecule has 1 aliphatic heterocycles. The molecule has 28 heavy (non-hydrogen) atoms. The van der Waals surface area contributed by atoms with Crippen LogP contribution in [0.15, 0.2) is 17.5 Å². The van der Waals surface area contributed by atoms with Gasteiger partial charge in [0, 0.05) is 30.9 Å². The van der Waals surface area contributed by atoms with Crippen LogP contribution in [-0.4, -0.2) is 36.6 Å². The molecular weight excluding hydrogens is 374 g/mol. The number of amides is 1. The number of rotatable bonds is 6. The maximum absolute atomic E-state index is 12.3. The Balaban J connectivity index is 1.38. The van der Waals surface area contributed by atoms with Crippen molar-refractivity contribution in [1.82, 2.24) is 9.88 Å². The van der Waals surface area contributed by atoms with E-state index in [0.717, 1.165) is 74.1 Å². The number of ether oxygens (including phenoxy) is 2. The van der Waals surface area contributed by atoms with Crippen molar-refractivity contribution in [3.63, 3.8) is 0 Å². The first-order chi connectivity index (χ1) is 13.7. The van der Waals surface area contributed by atoms with Crippen molar-refractivity contribution >= 4 is 22.4 Å². The maximum Gasteiger partial charge on any atom is 0.229 e. The van der Waals surface area contributed by atoms with Crippen LogP contribution in [0.4, 0.5) is 5.13 Å². The van der Waals surface area contributed by atoms with Crippen LogP contribution >= 0.6 is 11.3 Å². The van der Waals surface area contributed by atoms with Gasteiger partial charge in [0.2, 0.25) is 5.91 Å². The van der Waals surface area contributed by atoms with E-state index in [1.54, 1.807) is 14.2 Å². The van der Waals surface area contributed by atoms with Crippen LogP contribution in [-0.2, 0) is 24.3 Å². The van der Waals surface area contributed by atoms with E-state index in [0.29, 0.717) is 0 Å². The van der Waals surface area contributed by atoms with E-state index in [4.69, 9.17) is 9.47 Å². The molecule has 1 saturated carbocycles. The summed E-state index contributed by atoms with van der Waals surface area (Å²) >= 11 is 1.52. The summed E-state index contributed by atoms with van der Waals surface area (Å²) in [5, 5.41) is 5.77. The van der Waals surface area contributed by atoms with E-state index in [1.165, 1.54) is 22.5 Å². The largest absolute Gasteiger partial charge is 0.493 e. The average molecular weight is 402 g/mol. The molecule has 2 aliphatic rings. The molecule has 0 unspecified atom stereocenters. The zero-order chi connectivity index (χ0) is 19.5. The molecule has 1 aromatic carbocycles. The predicted octanol–water partition coefficient (Wildman–Crippen LogP) is 3.85. The minimum atomic E-state index is 0.131. The Hall–Kier alpha value is -2.12. The Morgan fingerprint density at radius 2 is 1.93 bits per heavy atom. The molecule has 150 valence electrons. The number of anilines is 1. The molecule has 4 rings (SSSR count). The Morgan fingerprint density at radius 3 is 2.64 bits per heavy atom. The molecule has 2 heterocycles. The molecule has 1 amide bonds. The highest BCUT2D eigenvalue weighted by Crippen LogP contribution is 2.33. The van der Waals surface area contributed by atoms with Crippen LogP contribution in [0, 0.1) is 5.92 Å². The third kappa shape index (κ3) is 4.15. The van der Waals surface area contributed by atoms with E-state index in [2.05, 4.69) is 27.3 Å². The van der Waals surface area contributed by atoms with Crippen LogP contribution in [0.1, 0.15) is 42.5 Å². The van der Waals surface area contributed by atoms with E-state index in [-0.39, 0.29) is 11.8 Å². The van der Waals surface area contributed by atoms with E-state index >= 15 is 0 Å². The van der Waals surface area contributed by atoms with Gasteiger partial charge < -0.3 is 14.8 Å². The van der Waals surface area contributed by atoms with Crippen molar-refractivity contribution in [3.05, 3.63) is 34.3 Å². The van der Waals surface area contributed by atoms with E-state index in [9.17, 15) is 4.79 Å². The van der Waals surface area contributed by atoms with E-state index < -0.39 is 0 Å². The zero-order valence-electron chi connectivity index (χ0n) is 16.5. The number of hydrogen-bond donors (Lipinski definition) is 1. The number of thiazole rings is 1. The van der Waals surface area contributed by atoms with Crippen molar-refractivity contribution in [2.75, 3.05) is 26.1 Å². The lowest BCUT2D eigenvalue weighted by molar-refractivity contribution is -0.119. The minimum absolute atomic E-state index is 0.131. The number of carbonyl (C=O) groups excluding carboxylic acids is 1. The molecule has 0 radical (unpaired) electrons. The molecule has 6 nitrogen and oxygen atoms in total. The Bertz CT molecular complexity index is 845. The molecule has 0 bridgehead atoms. The maximum atomic E-state index is 12.3. The topological polar surface area (TPSA) is 63.7 Å². The molecule has 0 saturated heterocycles. The van der Waals surface area contributed by atoms with Gasteiger partial charge in [0.1, 0.15) is 0 Å². The summed E-state index contributed by atoms with van der Waals surface area (Å²) in [7, 11) is 3.34. The number of carbonyl (C=O) groups is 1. The second-order valence-electron chi connectivity index (χ2n) is 7.55. The van der Waals surface area contributed by atoms with Gasteiger partial charge >= 0.3 is 0 Å². The minimum Gasteiger partial charge on any atom is -0.493 e. The van der Waals surface area contributed by atoms with Crippen molar-refractivity contribution in [3.8, 4) is 11.5 Å². The van der Waals surface area contributed by atoms with Gasteiger partial charge in [-0.15, -0.1) is 11.3 Å². The summed E-state index contributed by atoms with van der Waals surface area (Å²) in [5.41, 5.74) is 3.60. The van der Waals surface area contributed by atoms with Crippen LogP contribution in [0.3, 0.4) is 0 Å². The molecule has 1 N–H and O–H groups in total. The lowest BCUT2D eigenvalue weighted by Gasteiger charge is -2.29. The highest BCUT2D eigenvalue weighted by atomic mass is 32.1. The summed E-state index contributed by atoms with van der Waals surface area (Å²) in [6, 6.07) is 4.17. The summed E-state index contributed by atoms with van der Waals surface area (Å²) in [4.78, 5) is 19.3. The number of nitrogens with one attached hydrogen (secondary N) is 1. The van der Waals surface area contributed by atoms with Gasteiger partial charge in [-0.2, -0.15) is 0 Å². The molecule has 2 aromatic rings. The Labute approximate surface area is 169 Å². The van der Waals surface area contributed by atoms with E-state index in [1.807, 2.05) is 5.38 Å². The smallest absolute Gasteiger partial charge is 0.229 e. The number of methoxy groups -OCH3 is 2. The standard InChI is InChI=1S/C21H27N3O3S/c1-26-18-9-15-7-8-24(11-16(15)10-19(18)27-2)12-17-13-28-21(22-17)23-20(25)14-5-3-4-6-14/h9-10,13-14H,3-8,11-12H2,1-2H3,(H,22,23,25). The highest BCUT2D eigenvalue weighted by Gasteiger charge is 2.24. The second kappa shape index (κ2) is 8.49. The van der Waals surface area contributed by atoms with Crippen LogP contribution in [0.5, 0.6) is 11.5 Å². The van der Waals surface area contributed by atoms with Crippen LogP contribution in [0.2, 0.25) is 0 Å². The van der Waals surface area contributed by atoms with Gasteiger partial charge in [0.25, 0.3) is 0 Å². The average Bonchev–Trinajstić information content (AvgIpc) is 3.39. The summed E-state index contributed by atoms with van der Waals surface area (Å²) in [6.07, 6.45) is 5.31. The van der Waals surface area contributed by atoms with Crippen molar-refractivity contribution in [2.24, 2.45) is 5.92 Å². The Morgan fingerprint density at radius 1 is 1.21 bits per heavy atom. The third-order valence-electron chi connectivity index (χ3n) is 5.69. The summed E-state index contributed by atoms with van der Waals surface area (Å²) in [6.45, 7) is 2.62. The van der Waals surface area contributed by atoms with Crippen molar-refractivity contribution in [1.29, 1.82) is 0 Å². The number of nitrogens with zero attached hydrogens (tertiary/aromatic N) is 2. The van der Waals surface area contributed by atoms with Crippen molar-refractivity contribution in [2.45, 2.75) is 45.2 Å². The fraction of sp³-hybridized carbons (Fsp3) is 0.524. The SMILES string of the molecule is COc1cc2c(cc1OC)CN(Cc1csc(NC(=O)C3CCCC3)n1)CC2. The van der Waals surface area contributed by atoms with Gasteiger partial charge in [0.15, 0.2) is 16.6 Å². The first-order valence-corrected chi connectivity index (χ1v) is 10.8.